The van der Waals surface area contributed by atoms with Gasteiger partial charge in [0.1, 0.15) is 11.7 Å². The Bertz CT molecular complexity index is 1440. The SMILES string of the molecule is Cn1nccc1C(=O)N[C@H](C(=O)Nc1cccc(C2(C(=O)NCC3(C)CCC3)CCCC2)c1)C(C1CC(F)(F)C1)C1CC(F)(F)C1. The van der Waals surface area contributed by atoms with Gasteiger partial charge in [-0.1, -0.05) is 38.3 Å². The minimum atomic E-state index is -2.94. The Labute approximate surface area is 266 Å². The largest absolute Gasteiger partial charge is 0.355 e. The highest BCUT2D eigenvalue weighted by atomic mass is 19.3. The molecule has 0 spiro atoms. The molecule has 0 bridgehead atoms. The zero-order valence-electron chi connectivity index (χ0n) is 26.4. The van der Waals surface area contributed by atoms with Crippen molar-refractivity contribution in [2.45, 2.75) is 101 Å². The molecule has 1 aromatic carbocycles. The summed E-state index contributed by atoms with van der Waals surface area (Å²) in [6.07, 6.45) is 5.74. The molecular weight excluding hydrogens is 602 g/mol. The van der Waals surface area contributed by atoms with E-state index in [0.29, 0.717) is 25.1 Å². The molecule has 0 radical (unpaired) electrons. The first-order valence-electron chi connectivity index (χ1n) is 16.4. The van der Waals surface area contributed by atoms with Gasteiger partial charge in [0.25, 0.3) is 5.91 Å². The summed E-state index contributed by atoms with van der Waals surface area (Å²) < 4.78 is 57.7. The third-order valence-electron chi connectivity index (χ3n) is 11.2. The smallest absolute Gasteiger partial charge is 0.270 e. The predicted molar refractivity (Wildman–Crippen MR) is 163 cm³/mol. The lowest BCUT2D eigenvalue weighted by Gasteiger charge is -2.50. The van der Waals surface area contributed by atoms with E-state index in [1.165, 1.54) is 16.9 Å². The van der Waals surface area contributed by atoms with Gasteiger partial charge >= 0.3 is 0 Å². The van der Waals surface area contributed by atoms with Crippen LogP contribution < -0.4 is 16.0 Å². The van der Waals surface area contributed by atoms with Gasteiger partial charge in [-0.25, -0.2) is 17.6 Å². The van der Waals surface area contributed by atoms with Crippen molar-refractivity contribution < 1.29 is 31.9 Å². The van der Waals surface area contributed by atoms with Crippen molar-refractivity contribution in [2.24, 2.45) is 30.2 Å². The molecule has 3 amide bonds. The Kier molecular flexibility index (Phi) is 8.46. The number of benzene rings is 1. The summed E-state index contributed by atoms with van der Waals surface area (Å²) in [7, 11) is 1.55. The lowest BCUT2D eigenvalue weighted by atomic mass is 9.59. The molecule has 0 saturated heterocycles. The Morgan fingerprint density at radius 2 is 1.57 bits per heavy atom. The maximum atomic E-state index is 14.1. The lowest BCUT2D eigenvalue weighted by Crippen LogP contribution is -2.59. The zero-order valence-corrected chi connectivity index (χ0v) is 26.4. The second kappa shape index (κ2) is 12.0. The average molecular weight is 646 g/mol. The molecule has 1 heterocycles. The van der Waals surface area contributed by atoms with Gasteiger partial charge in [-0.3, -0.25) is 19.1 Å². The first-order valence-corrected chi connectivity index (χ1v) is 16.4. The van der Waals surface area contributed by atoms with E-state index in [4.69, 9.17) is 0 Å². The van der Waals surface area contributed by atoms with Crippen molar-refractivity contribution >= 4 is 23.4 Å². The molecule has 12 heteroatoms. The average Bonchev–Trinajstić information content (AvgIpc) is 3.63. The minimum Gasteiger partial charge on any atom is -0.355 e. The number of aromatic nitrogens is 2. The number of nitrogens with one attached hydrogen (secondary N) is 3. The fourth-order valence-electron chi connectivity index (χ4n) is 8.20. The van der Waals surface area contributed by atoms with Crippen LogP contribution in [0.4, 0.5) is 23.2 Å². The third kappa shape index (κ3) is 6.40. The fourth-order valence-corrected chi connectivity index (χ4v) is 8.20. The number of hydrogen-bond donors (Lipinski definition) is 3. The Hall–Kier alpha value is -3.44. The second-order valence-corrected chi connectivity index (χ2v) is 14.6. The number of carbonyl (C=O) groups is 3. The number of aryl methyl sites for hydroxylation is 1. The number of hydrogen-bond acceptors (Lipinski definition) is 4. The molecule has 4 fully saturated rings. The molecule has 3 N–H and O–H groups in total. The molecule has 2 aromatic rings. The highest BCUT2D eigenvalue weighted by molar-refractivity contribution is 6.01. The van der Waals surface area contributed by atoms with Gasteiger partial charge < -0.3 is 16.0 Å². The summed E-state index contributed by atoms with van der Waals surface area (Å²) in [6, 6.07) is 7.17. The van der Waals surface area contributed by atoms with Gasteiger partial charge in [0.15, 0.2) is 0 Å². The minimum absolute atomic E-state index is 0.0280. The standard InChI is InChI=1S/C34H43F4N5O3/c1-31(10-6-11-31)20-39-30(46)32(12-3-4-13-32)23-7-5-8-24(15-23)41-29(45)27(42-28(44)25-9-14-40-43(25)2)26(21-16-33(35,36)17-21)22-18-34(37,38)19-22/h5,7-9,14-15,21-22,26-27H,3-4,6,10-13,16-20H2,1-2H3,(H,39,46)(H,41,45)(H,42,44)/t27-/m0/s1. The first-order chi connectivity index (χ1) is 21.7. The Morgan fingerprint density at radius 1 is 0.935 bits per heavy atom. The van der Waals surface area contributed by atoms with Gasteiger partial charge in [0, 0.05) is 51.2 Å². The maximum Gasteiger partial charge on any atom is 0.270 e. The fraction of sp³-hybridized carbons (Fsp3) is 0.647. The van der Waals surface area contributed by atoms with Crippen LogP contribution in [0.1, 0.15) is 93.6 Å². The molecule has 250 valence electrons. The van der Waals surface area contributed by atoms with Gasteiger partial charge in [0.2, 0.25) is 23.7 Å². The summed E-state index contributed by atoms with van der Waals surface area (Å²) in [4.78, 5) is 41.1. The van der Waals surface area contributed by atoms with Crippen molar-refractivity contribution in [3.8, 4) is 0 Å². The summed E-state index contributed by atoms with van der Waals surface area (Å²) in [5, 5.41) is 12.7. The van der Waals surface area contributed by atoms with E-state index in [1.807, 2.05) is 6.07 Å². The van der Waals surface area contributed by atoms with E-state index < -0.39 is 78.6 Å². The number of alkyl halides is 4. The summed E-state index contributed by atoms with van der Waals surface area (Å²) in [5.74, 6) is -9.59. The van der Waals surface area contributed by atoms with Crippen molar-refractivity contribution in [3.05, 3.63) is 47.8 Å². The Morgan fingerprint density at radius 3 is 2.09 bits per heavy atom. The van der Waals surface area contributed by atoms with Gasteiger partial charge in [-0.15, -0.1) is 0 Å². The van der Waals surface area contributed by atoms with E-state index in [1.54, 1.807) is 25.2 Å². The number of rotatable bonds is 11. The molecule has 1 atom stereocenters. The monoisotopic (exact) mass is 645 g/mol. The number of nitrogens with zero attached hydrogens (tertiary/aromatic N) is 2. The van der Waals surface area contributed by atoms with Gasteiger partial charge in [0.05, 0.1) is 5.41 Å². The quantitative estimate of drug-likeness (QED) is 0.262. The van der Waals surface area contributed by atoms with Gasteiger partial charge in [-0.05, 0) is 72.6 Å². The van der Waals surface area contributed by atoms with Crippen LogP contribution in [-0.4, -0.2) is 51.9 Å². The van der Waals surface area contributed by atoms with Crippen LogP contribution >= 0.6 is 0 Å². The van der Waals surface area contributed by atoms with Crippen molar-refractivity contribution in [1.29, 1.82) is 0 Å². The van der Waals surface area contributed by atoms with Crippen LogP contribution in [0.2, 0.25) is 0 Å². The van der Waals surface area contributed by atoms with Crippen LogP contribution in [0.15, 0.2) is 36.5 Å². The molecular formula is C34H43F4N5O3. The summed E-state index contributed by atoms with van der Waals surface area (Å²) >= 11 is 0. The van der Waals surface area contributed by atoms with Crippen molar-refractivity contribution in [1.82, 2.24) is 20.4 Å². The Balaban J connectivity index is 1.26. The van der Waals surface area contributed by atoms with E-state index >= 15 is 0 Å². The molecule has 4 aliphatic rings. The van der Waals surface area contributed by atoms with Crippen molar-refractivity contribution in [2.75, 3.05) is 11.9 Å². The molecule has 0 unspecified atom stereocenters. The number of anilines is 1. The van der Waals surface area contributed by atoms with E-state index in [0.717, 1.165) is 37.7 Å². The third-order valence-corrected chi connectivity index (χ3v) is 11.2. The second-order valence-electron chi connectivity index (χ2n) is 14.6. The topological polar surface area (TPSA) is 105 Å². The van der Waals surface area contributed by atoms with Crippen LogP contribution in [0.5, 0.6) is 0 Å². The highest BCUT2D eigenvalue weighted by Gasteiger charge is 2.59. The van der Waals surface area contributed by atoms with Crippen LogP contribution in [0.3, 0.4) is 0 Å². The molecule has 1 aromatic heterocycles. The highest BCUT2D eigenvalue weighted by Crippen LogP contribution is 2.56. The predicted octanol–water partition coefficient (Wildman–Crippen LogP) is 5.98. The van der Waals surface area contributed by atoms with Crippen LogP contribution in [0.25, 0.3) is 0 Å². The summed E-state index contributed by atoms with van der Waals surface area (Å²) in [6.45, 7) is 2.80. The number of carbonyl (C=O) groups excluding carboxylic acids is 3. The normalized spacial score (nSPS) is 23.5. The number of amides is 3. The van der Waals surface area contributed by atoms with Crippen molar-refractivity contribution in [3.63, 3.8) is 0 Å². The molecule has 0 aliphatic heterocycles. The van der Waals surface area contributed by atoms with Crippen LogP contribution in [-0.2, 0) is 22.1 Å². The zero-order chi connectivity index (χ0) is 32.9. The molecule has 6 rings (SSSR count). The molecule has 46 heavy (non-hydrogen) atoms. The van der Waals surface area contributed by atoms with E-state index in [2.05, 4.69) is 28.0 Å². The van der Waals surface area contributed by atoms with E-state index in [9.17, 15) is 31.9 Å². The molecule has 4 aliphatic carbocycles. The first kappa shape index (κ1) is 32.5. The van der Waals surface area contributed by atoms with Crippen LogP contribution in [0, 0.1) is 23.2 Å². The molecule has 4 saturated carbocycles. The van der Waals surface area contributed by atoms with E-state index in [-0.39, 0.29) is 17.0 Å². The molecule has 8 nitrogen and oxygen atoms in total. The number of halogens is 4. The maximum absolute atomic E-state index is 14.1. The lowest BCUT2D eigenvalue weighted by molar-refractivity contribution is -0.177. The van der Waals surface area contributed by atoms with Gasteiger partial charge in [-0.2, -0.15) is 5.10 Å². The summed E-state index contributed by atoms with van der Waals surface area (Å²) in [5.41, 5.74) is 0.658.